The zero-order chi connectivity index (χ0) is 19.8. The van der Waals surface area contributed by atoms with E-state index < -0.39 is 29.1 Å². The number of rotatable bonds is 9. The Balaban J connectivity index is 2.07. The van der Waals surface area contributed by atoms with Gasteiger partial charge in [-0.2, -0.15) is 0 Å². The van der Waals surface area contributed by atoms with E-state index in [-0.39, 0.29) is 30.2 Å². The van der Waals surface area contributed by atoms with Crippen molar-refractivity contribution in [3.05, 3.63) is 52.0 Å². The van der Waals surface area contributed by atoms with E-state index in [1.807, 2.05) is 0 Å². The molecule has 0 spiro atoms. The van der Waals surface area contributed by atoms with Crippen LogP contribution in [-0.4, -0.2) is 37.1 Å². The van der Waals surface area contributed by atoms with Crippen LogP contribution in [0.2, 0.25) is 0 Å². The lowest BCUT2D eigenvalue weighted by molar-refractivity contribution is -0.385. The van der Waals surface area contributed by atoms with Crippen molar-refractivity contribution >= 4 is 17.6 Å². The predicted molar refractivity (Wildman–Crippen MR) is 91.7 cm³/mol. The molecule has 1 heterocycles. The number of hydrogen-bond acceptors (Lipinski definition) is 8. The molecule has 0 aliphatic heterocycles. The Morgan fingerprint density at radius 2 is 2.07 bits per heavy atom. The fourth-order valence-electron chi connectivity index (χ4n) is 2.15. The summed E-state index contributed by atoms with van der Waals surface area (Å²) in [6, 6.07) is 5.56. The first-order valence-electron chi connectivity index (χ1n) is 7.91. The van der Waals surface area contributed by atoms with Crippen LogP contribution in [0.5, 0.6) is 11.5 Å². The van der Waals surface area contributed by atoms with Crippen LogP contribution in [-0.2, 0) is 16.1 Å². The third kappa shape index (κ3) is 5.21. The Labute approximate surface area is 154 Å². The average Bonchev–Trinajstić information content (AvgIpc) is 3.17. The summed E-state index contributed by atoms with van der Waals surface area (Å²) in [5.41, 5.74) is -0.862. The molecule has 2 rings (SSSR count). The molecule has 1 amide bonds. The van der Waals surface area contributed by atoms with Gasteiger partial charge in [-0.25, -0.2) is 4.79 Å². The third-order valence-electron chi connectivity index (χ3n) is 3.37. The van der Waals surface area contributed by atoms with E-state index in [9.17, 15) is 19.7 Å². The van der Waals surface area contributed by atoms with Crippen molar-refractivity contribution in [1.82, 2.24) is 5.32 Å². The number of esters is 1. The zero-order valence-electron chi connectivity index (χ0n) is 14.7. The van der Waals surface area contributed by atoms with Crippen molar-refractivity contribution in [2.75, 3.05) is 20.3 Å². The Morgan fingerprint density at radius 1 is 1.30 bits per heavy atom. The van der Waals surface area contributed by atoms with Crippen LogP contribution in [0.15, 0.2) is 34.9 Å². The SMILES string of the molecule is CCOc1cc([N+](=O)[O-])c(C(=O)OCC(=O)NCc2ccco2)cc1OC. The van der Waals surface area contributed by atoms with E-state index in [0.717, 1.165) is 12.1 Å². The van der Waals surface area contributed by atoms with E-state index in [1.165, 1.54) is 13.4 Å². The first kappa shape index (κ1) is 19.8. The Bertz CT molecular complexity index is 817. The standard InChI is InChI=1S/C17H18N2O8/c1-3-25-15-8-13(19(22)23)12(7-14(15)24-2)17(21)27-10-16(20)18-9-11-5-4-6-26-11/h4-8H,3,9-10H2,1-2H3,(H,18,20). The quantitative estimate of drug-likeness (QED) is 0.399. The number of furan rings is 1. The van der Waals surface area contributed by atoms with Crippen molar-refractivity contribution in [2.45, 2.75) is 13.5 Å². The van der Waals surface area contributed by atoms with Crippen LogP contribution >= 0.6 is 0 Å². The molecule has 0 atom stereocenters. The number of nitrogens with zero attached hydrogens (tertiary/aromatic N) is 1. The lowest BCUT2D eigenvalue weighted by atomic mass is 10.1. The number of nitro benzene ring substituents is 1. The number of nitrogens with one attached hydrogen (secondary N) is 1. The molecule has 1 N–H and O–H groups in total. The first-order valence-corrected chi connectivity index (χ1v) is 7.91. The number of nitro groups is 1. The van der Waals surface area contributed by atoms with Crippen molar-refractivity contribution in [3.8, 4) is 11.5 Å². The van der Waals surface area contributed by atoms with Crippen LogP contribution in [0, 0.1) is 10.1 Å². The first-order chi connectivity index (χ1) is 13.0. The summed E-state index contributed by atoms with van der Waals surface area (Å²) < 4.78 is 20.3. The van der Waals surface area contributed by atoms with E-state index in [4.69, 9.17) is 18.6 Å². The molecule has 0 bridgehead atoms. The van der Waals surface area contributed by atoms with E-state index >= 15 is 0 Å². The molecule has 144 valence electrons. The number of carbonyl (C=O) groups excluding carboxylic acids is 2. The molecule has 0 unspecified atom stereocenters. The van der Waals surface area contributed by atoms with Gasteiger partial charge in [0.25, 0.3) is 11.6 Å². The summed E-state index contributed by atoms with van der Waals surface area (Å²) in [6.45, 7) is 1.48. The summed E-state index contributed by atoms with van der Waals surface area (Å²) >= 11 is 0. The molecule has 0 saturated carbocycles. The van der Waals surface area contributed by atoms with Gasteiger partial charge in [-0.3, -0.25) is 14.9 Å². The highest BCUT2D eigenvalue weighted by molar-refractivity contribution is 5.96. The van der Waals surface area contributed by atoms with Gasteiger partial charge in [-0.05, 0) is 19.1 Å². The minimum Gasteiger partial charge on any atom is -0.493 e. The van der Waals surface area contributed by atoms with Crippen molar-refractivity contribution < 1.29 is 33.1 Å². The average molecular weight is 378 g/mol. The van der Waals surface area contributed by atoms with Gasteiger partial charge in [0.2, 0.25) is 0 Å². The van der Waals surface area contributed by atoms with Gasteiger partial charge in [0.15, 0.2) is 18.1 Å². The monoisotopic (exact) mass is 378 g/mol. The van der Waals surface area contributed by atoms with Crippen LogP contribution in [0.1, 0.15) is 23.0 Å². The van der Waals surface area contributed by atoms with Crippen LogP contribution < -0.4 is 14.8 Å². The fraction of sp³-hybridized carbons (Fsp3) is 0.294. The molecule has 0 fully saturated rings. The van der Waals surface area contributed by atoms with Gasteiger partial charge in [0.05, 0.1) is 37.5 Å². The minimum absolute atomic E-state index is 0.124. The maximum atomic E-state index is 12.2. The second kappa shape index (κ2) is 9.22. The predicted octanol–water partition coefficient (Wildman–Crippen LogP) is 2.07. The highest BCUT2D eigenvalue weighted by Gasteiger charge is 2.26. The van der Waals surface area contributed by atoms with Crippen molar-refractivity contribution in [2.24, 2.45) is 0 Å². The largest absolute Gasteiger partial charge is 0.493 e. The van der Waals surface area contributed by atoms with E-state index in [0.29, 0.717) is 5.76 Å². The number of amides is 1. The van der Waals surface area contributed by atoms with Gasteiger partial charge in [-0.15, -0.1) is 0 Å². The van der Waals surface area contributed by atoms with Gasteiger partial charge in [0.1, 0.15) is 11.3 Å². The molecule has 10 nitrogen and oxygen atoms in total. The normalized spacial score (nSPS) is 10.1. The molecule has 27 heavy (non-hydrogen) atoms. The van der Waals surface area contributed by atoms with Crippen molar-refractivity contribution in [3.63, 3.8) is 0 Å². The maximum Gasteiger partial charge on any atom is 0.345 e. The van der Waals surface area contributed by atoms with E-state index in [2.05, 4.69) is 5.32 Å². The molecule has 1 aromatic heterocycles. The molecule has 10 heteroatoms. The fourth-order valence-corrected chi connectivity index (χ4v) is 2.15. The second-order valence-electron chi connectivity index (χ2n) is 5.14. The molecular formula is C17H18N2O8. The zero-order valence-corrected chi connectivity index (χ0v) is 14.7. The third-order valence-corrected chi connectivity index (χ3v) is 3.37. The Kier molecular flexibility index (Phi) is 6.75. The van der Waals surface area contributed by atoms with Crippen LogP contribution in [0.3, 0.4) is 0 Å². The molecular weight excluding hydrogens is 360 g/mol. The van der Waals surface area contributed by atoms with Gasteiger partial charge >= 0.3 is 5.97 Å². The summed E-state index contributed by atoms with van der Waals surface area (Å²) in [5.74, 6) is -0.825. The smallest absolute Gasteiger partial charge is 0.345 e. The Morgan fingerprint density at radius 3 is 2.67 bits per heavy atom. The molecule has 2 aromatic rings. The van der Waals surface area contributed by atoms with Gasteiger partial charge < -0.3 is 23.9 Å². The summed E-state index contributed by atoms with van der Waals surface area (Å²) in [6.07, 6.45) is 1.46. The lowest BCUT2D eigenvalue weighted by Crippen LogP contribution is -2.28. The summed E-state index contributed by atoms with van der Waals surface area (Å²) in [5, 5.41) is 13.8. The van der Waals surface area contributed by atoms with E-state index in [1.54, 1.807) is 19.1 Å². The topological polar surface area (TPSA) is 130 Å². The van der Waals surface area contributed by atoms with Crippen LogP contribution in [0.25, 0.3) is 0 Å². The maximum absolute atomic E-state index is 12.2. The van der Waals surface area contributed by atoms with Crippen LogP contribution in [0.4, 0.5) is 5.69 Å². The minimum atomic E-state index is -1.03. The number of benzene rings is 1. The molecule has 0 aliphatic carbocycles. The molecule has 0 radical (unpaired) electrons. The van der Waals surface area contributed by atoms with Gasteiger partial charge in [-0.1, -0.05) is 0 Å². The number of ether oxygens (including phenoxy) is 3. The Hall–Kier alpha value is -3.56. The number of hydrogen-bond donors (Lipinski definition) is 1. The summed E-state index contributed by atoms with van der Waals surface area (Å²) in [4.78, 5) is 34.5. The van der Waals surface area contributed by atoms with Crippen molar-refractivity contribution in [1.29, 1.82) is 0 Å². The number of carbonyl (C=O) groups is 2. The highest BCUT2D eigenvalue weighted by atomic mass is 16.6. The second-order valence-corrected chi connectivity index (χ2v) is 5.14. The van der Waals surface area contributed by atoms with Gasteiger partial charge in [0, 0.05) is 6.07 Å². The highest BCUT2D eigenvalue weighted by Crippen LogP contribution is 2.35. The molecule has 0 aliphatic rings. The molecule has 1 aromatic carbocycles. The molecule has 0 saturated heterocycles. The number of methoxy groups -OCH3 is 1. The summed E-state index contributed by atoms with van der Waals surface area (Å²) in [7, 11) is 1.33. The lowest BCUT2D eigenvalue weighted by Gasteiger charge is -2.11.